The highest BCUT2D eigenvalue weighted by Gasteiger charge is 2.06. The van der Waals surface area contributed by atoms with Crippen LogP contribution in [0.3, 0.4) is 0 Å². The van der Waals surface area contributed by atoms with Crippen LogP contribution in [0.2, 0.25) is 0 Å². The van der Waals surface area contributed by atoms with Crippen molar-refractivity contribution in [3.8, 4) is 0 Å². The molecule has 0 atom stereocenters. The maximum atomic E-state index is 11.5. The van der Waals surface area contributed by atoms with Gasteiger partial charge >= 0.3 is 5.97 Å². The molecule has 0 aliphatic carbocycles. The molecular formula is C14H19NO3S. The number of benzene rings is 1. The highest BCUT2D eigenvalue weighted by molar-refractivity contribution is 7.99. The Morgan fingerprint density at radius 2 is 2.16 bits per heavy atom. The van der Waals surface area contributed by atoms with Crippen LogP contribution < -0.4 is 5.32 Å². The molecule has 0 saturated heterocycles. The molecule has 0 saturated carbocycles. The first kappa shape index (κ1) is 15.6. The molecule has 0 aliphatic heterocycles. The fourth-order valence-electron chi connectivity index (χ4n) is 1.50. The maximum Gasteiger partial charge on any atom is 0.325 e. The Morgan fingerprint density at radius 1 is 1.37 bits per heavy atom. The van der Waals surface area contributed by atoms with Gasteiger partial charge in [-0.3, -0.25) is 9.59 Å². The van der Waals surface area contributed by atoms with E-state index in [-0.39, 0.29) is 12.5 Å². The molecule has 0 heterocycles. The summed E-state index contributed by atoms with van der Waals surface area (Å²) in [5, 5.41) is 2.53. The maximum absolute atomic E-state index is 11.5. The molecule has 19 heavy (non-hydrogen) atoms. The van der Waals surface area contributed by atoms with Crippen LogP contribution in [0.25, 0.3) is 0 Å². The summed E-state index contributed by atoms with van der Waals surface area (Å²) in [6.07, 6.45) is 0. The van der Waals surface area contributed by atoms with Gasteiger partial charge in [0, 0.05) is 5.75 Å². The Morgan fingerprint density at radius 3 is 2.84 bits per heavy atom. The molecule has 1 aromatic carbocycles. The number of ether oxygens (including phenoxy) is 1. The van der Waals surface area contributed by atoms with E-state index >= 15 is 0 Å². The molecule has 0 fully saturated rings. The molecule has 0 unspecified atom stereocenters. The molecule has 5 heteroatoms. The number of nitrogens with one attached hydrogen (secondary N) is 1. The van der Waals surface area contributed by atoms with E-state index in [1.165, 1.54) is 22.9 Å². The van der Waals surface area contributed by atoms with Crippen molar-refractivity contribution in [1.82, 2.24) is 5.32 Å². The lowest BCUT2D eigenvalue weighted by atomic mass is 10.2. The lowest BCUT2D eigenvalue weighted by molar-refractivity contribution is -0.143. The summed E-state index contributed by atoms with van der Waals surface area (Å²) in [5.41, 5.74) is 2.41. The van der Waals surface area contributed by atoms with Crippen LogP contribution in [0, 0.1) is 6.92 Å². The highest BCUT2D eigenvalue weighted by atomic mass is 32.2. The second-order valence-corrected chi connectivity index (χ2v) is 5.05. The van der Waals surface area contributed by atoms with E-state index in [1.807, 2.05) is 25.1 Å². The van der Waals surface area contributed by atoms with Gasteiger partial charge < -0.3 is 10.1 Å². The summed E-state index contributed by atoms with van der Waals surface area (Å²) in [4.78, 5) is 22.5. The lowest BCUT2D eigenvalue weighted by Crippen LogP contribution is -2.31. The van der Waals surface area contributed by atoms with Gasteiger partial charge in [-0.05, 0) is 19.4 Å². The minimum atomic E-state index is -0.403. The number of carbonyl (C=O) groups excluding carboxylic acids is 2. The predicted octanol–water partition coefficient (Wildman–Crippen LogP) is 1.91. The molecule has 1 amide bonds. The van der Waals surface area contributed by atoms with Crippen LogP contribution in [0.5, 0.6) is 0 Å². The molecule has 0 aromatic heterocycles. The molecular weight excluding hydrogens is 262 g/mol. The van der Waals surface area contributed by atoms with Crippen LogP contribution in [-0.4, -0.2) is 30.8 Å². The molecule has 1 rings (SSSR count). The lowest BCUT2D eigenvalue weighted by Gasteiger charge is -2.05. The fraction of sp³-hybridized carbons (Fsp3) is 0.429. The van der Waals surface area contributed by atoms with Crippen molar-refractivity contribution in [2.75, 3.05) is 18.9 Å². The van der Waals surface area contributed by atoms with Crippen LogP contribution in [0.4, 0.5) is 0 Å². The SMILES string of the molecule is CCOC(=O)CNC(=O)CSCc1cccc(C)c1. The van der Waals surface area contributed by atoms with Crippen molar-refractivity contribution in [3.05, 3.63) is 35.4 Å². The molecule has 4 nitrogen and oxygen atoms in total. The smallest absolute Gasteiger partial charge is 0.325 e. The molecule has 1 N–H and O–H groups in total. The van der Waals surface area contributed by atoms with Gasteiger partial charge in [0.25, 0.3) is 0 Å². The second-order valence-electron chi connectivity index (χ2n) is 4.06. The minimum absolute atomic E-state index is 0.0579. The van der Waals surface area contributed by atoms with Crippen molar-refractivity contribution in [1.29, 1.82) is 0 Å². The van der Waals surface area contributed by atoms with Crippen molar-refractivity contribution < 1.29 is 14.3 Å². The summed E-state index contributed by atoms with van der Waals surface area (Å²) < 4.78 is 4.72. The zero-order valence-electron chi connectivity index (χ0n) is 11.3. The normalized spacial score (nSPS) is 10.0. The fourth-order valence-corrected chi connectivity index (χ4v) is 2.30. The van der Waals surface area contributed by atoms with Crippen LogP contribution in [0.15, 0.2) is 24.3 Å². The Labute approximate surface area is 117 Å². The van der Waals surface area contributed by atoms with E-state index in [4.69, 9.17) is 4.74 Å². The number of hydrogen-bond acceptors (Lipinski definition) is 4. The number of hydrogen-bond donors (Lipinski definition) is 1. The number of aryl methyl sites for hydroxylation is 1. The summed E-state index contributed by atoms with van der Waals surface area (Å²) in [5.74, 6) is 0.576. The number of amides is 1. The number of esters is 1. The molecule has 104 valence electrons. The predicted molar refractivity (Wildman–Crippen MR) is 77.0 cm³/mol. The Hall–Kier alpha value is -1.49. The zero-order chi connectivity index (χ0) is 14.1. The summed E-state index contributed by atoms with van der Waals surface area (Å²) in [6.45, 7) is 4.05. The second kappa shape index (κ2) is 8.58. The van der Waals surface area contributed by atoms with E-state index in [0.29, 0.717) is 12.4 Å². The van der Waals surface area contributed by atoms with E-state index in [9.17, 15) is 9.59 Å². The van der Waals surface area contributed by atoms with Crippen LogP contribution in [-0.2, 0) is 20.1 Å². The molecule has 0 bridgehead atoms. The Balaban J connectivity index is 2.18. The van der Waals surface area contributed by atoms with Gasteiger partial charge in [0.2, 0.25) is 5.91 Å². The standard InChI is InChI=1S/C14H19NO3S/c1-3-18-14(17)8-15-13(16)10-19-9-12-6-4-5-11(2)7-12/h4-7H,3,8-10H2,1-2H3,(H,15,16). The largest absolute Gasteiger partial charge is 0.465 e. The third kappa shape index (κ3) is 6.86. The highest BCUT2D eigenvalue weighted by Crippen LogP contribution is 2.13. The van der Waals surface area contributed by atoms with Crippen LogP contribution >= 0.6 is 11.8 Å². The molecule has 0 spiro atoms. The Bertz CT molecular complexity index is 434. The van der Waals surface area contributed by atoms with Gasteiger partial charge in [-0.15, -0.1) is 11.8 Å². The summed E-state index contributed by atoms with van der Waals surface area (Å²) in [7, 11) is 0. The number of rotatable bonds is 7. The van der Waals surface area contributed by atoms with E-state index in [0.717, 1.165) is 5.75 Å². The van der Waals surface area contributed by atoms with Crippen molar-refractivity contribution >= 4 is 23.6 Å². The first-order valence-corrected chi connectivity index (χ1v) is 7.33. The van der Waals surface area contributed by atoms with Gasteiger partial charge in [0.1, 0.15) is 6.54 Å². The summed E-state index contributed by atoms with van der Waals surface area (Å²) >= 11 is 1.52. The average Bonchev–Trinajstić information content (AvgIpc) is 2.37. The van der Waals surface area contributed by atoms with E-state index in [1.54, 1.807) is 6.92 Å². The number of thioether (sulfide) groups is 1. The quantitative estimate of drug-likeness (QED) is 0.776. The first-order chi connectivity index (χ1) is 9.11. The van der Waals surface area contributed by atoms with Crippen molar-refractivity contribution in [2.24, 2.45) is 0 Å². The van der Waals surface area contributed by atoms with Crippen molar-refractivity contribution in [2.45, 2.75) is 19.6 Å². The van der Waals surface area contributed by atoms with Gasteiger partial charge in [-0.2, -0.15) is 0 Å². The third-order valence-electron chi connectivity index (χ3n) is 2.32. The average molecular weight is 281 g/mol. The third-order valence-corrected chi connectivity index (χ3v) is 3.32. The zero-order valence-corrected chi connectivity index (χ0v) is 12.1. The van der Waals surface area contributed by atoms with E-state index < -0.39 is 5.97 Å². The number of carbonyl (C=O) groups is 2. The monoisotopic (exact) mass is 281 g/mol. The van der Waals surface area contributed by atoms with Crippen molar-refractivity contribution in [3.63, 3.8) is 0 Å². The Kier molecular flexibility index (Phi) is 7.03. The van der Waals surface area contributed by atoms with Gasteiger partial charge in [0.15, 0.2) is 0 Å². The van der Waals surface area contributed by atoms with E-state index in [2.05, 4.69) is 11.4 Å². The molecule has 1 aromatic rings. The van der Waals surface area contributed by atoms with Crippen LogP contribution in [0.1, 0.15) is 18.1 Å². The van der Waals surface area contributed by atoms with Gasteiger partial charge in [-0.25, -0.2) is 0 Å². The van der Waals surface area contributed by atoms with Gasteiger partial charge in [-0.1, -0.05) is 29.8 Å². The molecule has 0 radical (unpaired) electrons. The molecule has 0 aliphatic rings. The topological polar surface area (TPSA) is 55.4 Å². The van der Waals surface area contributed by atoms with Gasteiger partial charge in [0.05, 0.1) is 12.4 Å². The first-order valence-electron chi connectivity index (χ1n) is 6.17. The minimum Gasteiger partial charge on any atom is -0.465 e. The summed E-state index contributed by atoms with van der Waals surface area (Å²) in [6, 6.07) is 8.19.